The predicted octanol–water partition coefficient (Wildman–Crippen LogP) is 2.64. The number of carbonyl (C=O) groups excluding carboxylic acids is 1. The fraction of sp³-hybridized carbons (Fsp3) is 0.474. The first-order chi connectivity index (χ1) is 11.7. The van der Waals surface area contributed by atoms with Crippen molar-refractivity contribution in [3.63, 3.8) is 0 Å². The molecule has 0 bridgehead atoms. The molecular weight excluding hydrogens is 336 g/mol. The van der Waals surface area contributed by atoms with E-state index in [4.69, 9.17) is 0 Å². The molecule has 1 aliphatic heterocycles. The van der Waals surface area contributed by atoms with Gasteiger partial charge in [0.15, 0.2) is 0 Å². The maximum Gasteiger partial charge on any atom is 0.226 e. The fourth-order valence-electron chi connectivity index (χ4n) is 3.96. The van der Waals surface area contributed by atoms with E-state index in [0.717, 1.165) is 43.6 Å². The van der Waals surface area contributed by atoms with E-state index >= 15 is 0 Å². The van der Waals surface area contributed by atoms with E-state index in [1.54, 1.807) is 0 Å². The number of nitrogens with one attached hydrogen (secondary N) is 1. The minimum Gasteiger partial charge on any atom is -0.341 e. The maximum absolute atomic E-state index is 12.7. The number of hydrogen-bond acceptors (Lipinski definition) is 3. The Hall–Kier alpha value is -1.85. The Bertz CT molecular complexity index is 724. The molecule has 1 amide bonds. The summed E-state index contributed by atoms with van der Waals surface area (Å²) in [5.74, 6) is 0.526. The van der Waals surface area contributed by atoms with Gasteiger partial charge in [-0.15, -0.1) is 12.4 Å². The number of halogens is 1. The molecule has 2 aromatic rings. The number of para-hydroxylation sites is 1. The van der Waals surface area contributed by atoms with Gasteiger partial charge in [-0.25, -0.2) is 4.68 Å². The van der Waals surface area contributed by atoms with Crippen molar-refractivity contribution in [2.45, 2.75) is 25.8 Å². The molecule has 1 aromatic heterocycles. The second-order valence-corrected chi connectivity index (χ2v) is 7.19. The van der Waals surface area contributed by atoms with E-state index in [1.807, 2.05) is 59.4 Å². The molecular formula is C19H25ClN4O. The summed E-state index contributed by atoms with van der Waals surface area (Å²) in [6, 6.07) is 10.0. The summed E-state index contributed by atoms with van der Waals surface area (Å²) < 4.78 is 1.86. The molecule has 1 N–H and O–H groups in total. The number of amides is 1. The van der Waals surface area contributed by atoms with Crippen molar-refractivity contribution in [2.75, 3.05) is 20.1 Å². The van der Waals surface area contributed by atoms with Gasteiger partial charge in [0.05, 0.1) is 11.9 Å². The van der Waals surface area contributed by atoms with E-state index < -0.39 is 0 Å². The van der Waals surface area contributed by atoms with Crippen LogP contribution in [0.25, 0.3) is 5.69 Å². The lowest BCUT2D eigenvalue weighted by Gasteiger charge is -2.25. The molecule has 25 heavy (non-hydrogen) atoms. The molecule has 6 heteroatoms. The summed E-state index contributed by atoms with van der Waals surface area (Å²) in [5, 5.41) is 7.80. The highest BCUT2D eigenvalue weighted by molar-refractivity contribution is 5.85. The zero-order valence-corrected chi connectivity index (χ0v) is 15.3. The zero-order chi connectivity index (χ0) is 16.6. The van der Waals surface area contributed by atoms with Gasteiger partial charge in [-0.1, -0.05) is 18.2 Å². The van der Waals surface area contributed by atoms with Crippen LogP contribution in [0.4, 0.5) is 0 Å². The molecule has 1 atom stereocenters. The monoisotopic (exact) mass is 360 g/mol. The highest BCUT2D eigenvalue weighted by Crippen LogP contribution is 2.59. The van der Waals surface area contributed by atoms with Crippen LogP contribution < -0.4 is 5.32 Å². The van der Waals surface area contributed by atoms with Crippen molar-refractivity contribution in [3.05, 3.63) is 48.3 Å². The van der Waals surface area contributed by atoms with E-state index in [1.165, 1.54) is 0 Å². The Morgan fingerprint density at radius 3 is 2.76 bits per heavy atom. The van der Waals surface area contributed by atoms with Crippen LogP contribution in [0.2, 0.25) is 0 Å². The first-order valence-electron chi connectivity index (χ1n) is 8.73. The predicted molar refractivity (Wildman–Crippen MR) is 99.9 cm³/mol. The van der Waals surface area contributed by atoms with Crippen molar-refractivity contribution < 1.29 is 4.79 Å². The number of piperidine rings is 1. The van der Waals surface area contributed by atoms with E-state index in [2.05, 4.69) is 10.4 Å². The summed E-state index contributed by atoms with van der Waals surface area (Å²) in [5.41, 5.74) is 2.40. The van der Waals surface area contributed by atoms with Crippen LogP contribution in [-0.4, -0.2) is 40.7 Å². The second kappa shape index (κ2) is 7.18. The largest absolute Gasteiger partial charge is 0.341 e. The van der Waals surface area contributed by atoms with Crippen molar-refractivity contribution in [1.29, 1.82) is 0 Å². The van der Waals surface area contributed by atoms with Gasteiger partial charge in [-0.05, 0) is 49.9 Å². The van der Waals surface area contributed by atoms with Crippen LogP contribution >= 0.6 is 12.4 Å². The smallest absolute Gasteiger partial charge is 0.226 e. The highest BCUT2D eigenvalue weighted by atomic mass is 35.5. The zero-order valence-electron chi connectivity index (χ0n) is 14.5. The lowest BCUT2D eigenvalue weighted by molar-refractivity contribution is -0.132. The Morgan fingerprint density at radius 2 is 2.04 bits per heavy atom. The lowest BCUT2D eigenvalue weighted by Crippen LogP contribution is -2.34. The van der Waals surface area contributed by atoms with E-state index in [-0.39, 0.29) is 18.3 Å². The molecule has 134 valence electrons. The van der Waals surface area contributed by atoms with E-state index in [9.17, 15) is 4.79 Å². The Balaban J connectivity index is 0.00000182. The molecule has 1 aromatic carbocycles. The van der Waals surface area contributed by atoms with Gasteiger partial charge < -0.3 is 10.2 Å². The van der Waals surface area contributed by atoms with Gasteiger partial charge in [-0.2, -0.15) is 5.10 Å². The molecule has 5 nitrogen and oxygen atoms in total. The molecule has 1 saturated carbocycles. The van der Waals surface area contributed by atoms with Gasteiger partial charge >= 0.3 is 0 Å². The van der Waals surface area contributed by atoms with Crippen molar-refractivity contribution in [2.24, 2.45) is 11.3 Å². The molecule has 0 radical (unpaired) electrons. The molecule has 1 spiro atoms. The molecule has 1 saturated heterocycles. The van der Waals surface area contributed by atoms with Gasteiger partial charge in [0, 0.05) is 31.3 Å². The van der Waals surface area contributed by atoms with Crippen LogP contribution in [0, 0.1) is 11.3 Å². The first kappa shape index (κ1) is 18.0. The number of hydrogen-bond donors (Lipinski definition) is 1. The second-order valence-electron chi connectivity index (χ2n) is 7.19. The Kier molecular flexibility index (Phi) is 5.16. The maximum atomic E-state index is 12.7. The van der Waals surface area contributed by atoms with Crippen LogP contribution in [0.5, 0.6) is 0 Å². The van der Waals surface area contributed by atoms with Crippen LogP contribution in [0.1, 0.15) is 24.8 Å². The van der Waals surface area contributed by atoms with E-state index in [0.29, 0.717) is 17.9 Å². The Labute approximate surface area is 154 Å². The van der Waals surface area contributed by atoms with Crippen LogP contribution in [-0.2, 0) is 11.3 Å². The average Bonchev–Trinajstić information content (AvgIpc) is 3.09. The van der Waals surface area contributed by atoms with Crippen molar-refractivity contribution >= 4 is 18.3 Å². The van der Waals surface area contributed by atoms with Crippen molar-refractivity contribution in [1.82, 2.24) is 20.0 Å². The number of benzene rings is 1. The fourth-order valence-corrected chi connectivity index (χ4v) is 3.96. The minimum absolute atomic E-state index is 0. The minimum atomic E-state index is 0. The molecule has 1 unspecified atom stereocenters. The highest BCUT2D eigenvalue weighted by Gasteiger charge is 2.58. The van der Waals surface area contributed by atoms with Crippen molar-refractivity contribution in [3.8, 4) is 5.69 Å². The topological polar surface area (TPSA) is 50.2 Å². The summed E-state index contributed by atoms with van der Waals surface area (Å²) in [7, 11) is 1.91. The lowest BCUT2D eigenvalue weighted by atomic mass is 9.91. The van der Waals surface area contributed by atoms with Gasteiger partial charge in [0.1, 0.15) is 0 Å². The van der Waals surface area contributed by atoms with Gasteiger partial charge in [-0.3, -0.25) is 4.79 Å². The standard InChI is InChI=1S/C19H24N4O.ClH/c1-22(18(24)17-11-19(17)7-9-20-10-8-19)13-15-12-21-23(14-15)16-5-3-2-4-6-16;/h2-6,12,14,17,20H,7-11,13H2,1H3;1H. The molecule has 2 aliphatic rings. The van der Waals surface area contributed by atoms with Crippen LogP contribution in [0.15, 0.2) is 42.7 Å². The summed E-state index contributed by atoms with van der Waals surface area (Å²) in [6.07, 6.45) is 7.21. The molecule has 1 aliphatic carbocycles. The van der Waals surface area contributed by atoms with Crippen LogP contribution in [0.3, 0.4) is 0 Å². The Morgan fingerprint density at radius 1 is 1.32 bits per heavy atom. The number of nitrogens with zero attached hydrogens (tertiary/aromatic N) is 3. The average molecular weight is 361 g/mol. The summed E-state index contributed by atoms with van der Waals surface area (Å²) in [6.45, 7) is 2.73. The van der Waals surface area contributed by atoms with Gasteiger partial charge in [0.25, 0.3) is 0 Å². The van der Waals surface area contributed by atoms with Gasteiger partial charge in [0.2, 0.25) is 5.91 Å². The third kappa shape index (κ3) is 3.58. The normalized spacial score (nSPS) is 20.8. The molecule has 2 heterocycles. The quantitative estimate of drug-likeness (QED) is 0.911. The third-order valence-electron chi connectivity index (χ3n) is 5.54. The number of aromatic nitrogens is 2. The number of rotatable bonds is 4. The third-order valence-corrected chi connectivity index (χ3v) is 5.54. The molecule has 4 rings (SSSR count). The summed E-state index contributed by atoms with van der Waals surface area (Å²) >= 11 is 0. The summed E-state index contributed by atoms with van der Waals surface area (Å²) in [4.78, 5) is 14.6. The molecule has 2 fully saturated rings. The number of carbonyl (C=O) groups is 1. The SMILES string of the molecule is CN(Cc1cnn(-c2ccccc2)c1)C(=O)C1CC12CCNCC2.Cl. The first-order valence-corrected chi connectivity index (χ1v) is 8.73.